The number of alkyl halides is 1. The number of rotatable bonds is 3. The third-order valence-electron chi connectivity index (χ3n) is 3.20. The van der Waals surface area contributed by atoms with Gasteiger partial charge in [-0.1, -0.05) is 35.9 Å². The van der Waals surface area contributed by atoms with Crippen molar-refractivity contribution in [1.29, 1.82) is 0 Å². The van der Waals surface area contributed by atoms with Crippen LogP contribution >= 0.6 is 11.6 Å². The van der Waals surface area contributed by atoms with Crippen molar-refractivity contribution in [2.45, 2.75) is 25.6 Å². The molecule has 100 valence electrons. The summed E-state index contributed by atoms with van der Waals surface area (Å²) in [4.78, 5) is 0. The first-order valence-electron chi connectivity index (χ1n) is 6.13. The number of benzene rings is 2. The molecule has 2 aromatic rings. The molecule has 0 spiro atoms. The van der Waals surface area contributed by atoms with Crippen LogP contribution in [0.3, 0.4) is 0 Å². The van der Waals surface area contributed by atoms with E-state index < -0.39 is 11.6 Å². The van der Waals surface area contributed by atoms with Crippen molar-refractivity contribution in [3.63, 3.8) is 0 Å². The van der Waals surface area contributed by atoms with Crippen molar-refractivity contribution in [2.75, 3.05) is 0 Å². The van der Waals surface area contributed by atoms with Gasteiger partial charge in [0.05, 0.1) is 5.38 Å². The van der Waals surface area contributed by atoms with Crippen molar-refractivity contribution in [3.8, 4) is 0 Å². The zero-order chi connectivity index (χ0) is 14.0. The monoisotopic (exact) mass is 280 g/mol. The maximum absolute atomic E-state index is 13.6. The van der Waals surface area contributed by atoms with Crippen LogP contribution in [-0.2, 0) is 6.42 Å². The van der Waals surface area contributed by atoms with E-state index in [-0.39, 0.29) is 11.8 Å². The van der Waals surface area contributed by atoms with Gasteiger partial charge in [-0.2, -0.15) is 0 Å². The third-order valence-corrected chi connectivity index (χ3v) is 3.59. The van der Waals surface area contributed by atoms with Crippen LogP contribution in [0.25, 0.3) is 0 Å². The summed E-state index contributed by atoms with van der Waals surface area (Å²) in [6, 6.07) is 10.2. The van der Waals surface area contributed by atoms with Crippen LogP contribution in [-0.4, -0.2) is 0 Å². The quantitative estimate of drug-likeness (QED) is 0.686. The Labute approximate surface area is 117 Å². The van der Waals surface area contributed by atoms with Gasteiger partial charge in [-0.15, -0.1) is 11.6 Å². The molecular formula is C16H15ClF2. The standard InChI is InChI=1S/C16H15ClF2/c1-10-6-7-11(2)13(8-10)14(17)9-12-4-3-5-15(18)16(12)19/h3-8,14H,9H2,1-2H3. The molecule has 0 aliphatic rings. The first-order valence-corrected chi connectivity index (χ1v) is 6.57. The van der Waals surface area contributed by atoms with Crippen molar-refractivity contribution in [2.24, 2.45) is 0 Å². The predicted molar refractivity (Wildman–Crippen MR) is 74.6 cm³/mol. The van der Waals surface area contributed by atoms with Gasteiger partial charge >= 0.3 is 0 Å². The highest BCUT2D eigenvalue weighted by atomic mass is 35.5. The molecule has 0 aromatic heterocycles. The number of aryl methyl sites for hydroxylation is 2. The van der Waals surface area contributed by atoms with Crippen LogP contribution in [0, 0.1) is 25.5 Å². The van der Waals surface area contributed by atoms with E-state index in [1.165, 1.54) is 6.07 Å². The molecule has 2 aromatic carbocycles. The van der Waals surface area contributed by atoms with Gasteiger partial charge in [0.1, 0.15) is 0 Å². The van der Waals surface area contributed by atoms with E-state index in [1.807, 2.05) is 32.0 Å². The Kier molecular flexibility index (Phi) is 4.20. The van der Waals surface area contributed by atoms with E-state index in [4.69, 9.17) is 11.6 Å². The molecule has 2 rings (SSSR count). The maximum Gasteiger partial charge on any atom is 0.162 e. The van der Waals surface area contributed by atoms with Crippen molar-refractivity contribution < 1.29 is 8.78 Å². The molecule has 0 saturated heterocycles. The molecule has 3 heteroatoms. The maximum atomic E-state index is 13.6. The molecule has 1 atom stereocenters. The average molecular weight is 281 g/mol. The summed E-state index contributed by atoms with van der Waals surface area (Å²) >= 11 is 6.35. The summed E-state index contributed by atoms with van der Waals surface area (Å²) in [6.07, 6.45) is 0.273. The Morgan fingerprint density at radius 1 is 1.11 bits per heavy atom. The van der Waals surface area contributed by atoms with Crippen LogP contribution in [0.2, 0.25) is 0 Å². The second-order valence-electron chi connectivity index (χ2n) is 4.74. The van der Waals surface area contributed by atoms with Crippen LogP contribution in [0.1, 0.15) is 27.6 Å². The van der Waals surface area contributed by atoms with E-state index in [0.717, 1.165) is 22.8 Å². The van der Waals surface area contributed by atoms with Gasteiger partial charge in [-0.3, -0.25) is 0 Å². The minimum Gasteiger partial charge on any atom is -0.204 e. The zero-order valence-electron chi connectivity index (χ0n) is 10.9. The SMILES string of the molecule is Cc1ccc(C)c(C(Cl)Cc2cccc(F)c2F)c1. The Morgan fingerprint density at radius 2 is 1.84 bits per heavy atom. The van der Waals surface area contributed by atoms with Gasteiger partial charge in [-0.05, 0) is 43.0 Å². The molecule has 0 bridgehead atoms. The van der Waals surface area contributed by atoms with Crippen molar-refractivity contribution in [1.82, 2.24) is 0 Å². The Morgan fingerprint density at radius 3 is 2.58 bits per heavy atom. The highest BCUT2D eigenvalue weighted by molar-refractivity contribution is 6.21. The Bertz CT molecular complexity index is 593. The molecule has 0 aliphatic heterocycles. The summed E-state index contributed by atoms with van der Waals surface area (Å²) in [5.74, 6) is -1.64. The van der Waals surface area contributed by atoms with Crippen LogP contribution < -0.4 is 0 Å². The van der Waals surface area contributed by atoms with E-state index >= 15 is 0 Å². The fourth-order valence-corrected chi connectivity index (χ4v) is 2.51. The summed E-state index contributed by atoms with van der Waals surface area (Å²) in [7, 11) is 0. The molecule has 19 heavy (non-hydrogen) atoms. The van der Waals surface area contributed by atoms with Crippen LogP contribution in [0.15, 0.2) is 36.4 Å². The van der Waals surface area contributed by atoms with E-state index in [0.29, 0.717) is 5.56 Å². The lowest BCUT2D eigenvalue weighted by Crippen LogP contribution is -2.02. The van der Waals surface area contributed by atoms with Gasteiger partial charge in [0.2, 0.25) is 0 Å². The smallest absolute Gasteiger partial charge is 0.162 e. The number of hydrogen-bond donors (Lipinski definition) is 0. The van der Waals surface area contributed by atoms with Gasteiger partial charge in [0.15, 0.2) is 11.6 Å². The molecule has 0 amide bonds. The third kappa shape index (κ3) is 3.13. The lowest BCUT2D eigenvalue weighted by molar-refractivity contribution is 0.498. The molecule has 0 nitrogen and oxygen atoms in total. The fourth-order valence-electron chi connectivity index (χ4n) is 2.11. The minimum atomic E-state index is -0.831. The van der Waals surface area contributed by atoms with Crippen molar-refractivity contribution in [3.05, 3.63) is 70.3 Å². The normalized spacial score (nSPS) is 12.5. The number of hydrogen-bond acceptors (Lipinski definition) is 0. The van der Waals surface area contributed by atoms with Crippen molar-refractivity contribution >= 4 is 11.6 Å². The number of halogens is 3. The van der Waals surface area contributed by atoms with Crippen LogP contribution in [0.4, 0.5) is 8.78 Å². The van der Waals surface area contributed by atoms with Gasteiger partial charge < -0.3 is 0 Å². The summed E-state index contributed by atoms with van der Waals surface area (Å²) in [5, 5.41) is -0.365. The highest BCUT2D eigenvalue weighted by Gasteiger charge is 2.15. The van der Waals surface area contributed by atoms with Gasteiger partial charge in [-0.25, -0.2) is 8.78 Å². The largest absolute Gasteiger partial charge is 0.204 e. The van der Waals surface area contributed by atoms with Crippen LogP contribution in [0.5, 0.6) is 0 Å². The zero-order valence-corrected chi connectivity index (χ0v) is 11.6. The summed E-state index contributed by atoms with van der Waals surface area (Å²) < 4.78 is 26.8. The summed E-state index contributed by atoms with van der Waals surface area (Å²) in [6.45, 7) is 3.95. The van der Waals surface area contributed by atoms with Gasteiger partial charge in [0, 0.05) is 0 Å². The molecule has 0 saturated carbocycles. The molecule has 0 radical (unpaired) electrons. The first-order chi connectivity index (χ1) is 8.99. The fraction of sp³-hybridized carbons (Fsp3) is 0.250. The molecule has 0 heterocycles. The van der Waals surface area contributed by atoms with Gasteiger partial charge in [0.25, 0.3) is 0 Å². The van der Waals surface area contributed by atoms with E-state index in [9.17, 15) is 8.78 Å². The van der Waals surface area contributed by atoms with E-state index in [1.54, 1.807) is 6.07 Å². The Hall–Kier alpha value is -1.41. The molecular weight excluding hydrogens is 266 g/mol. The highest BCUT2D eigenvalue weighted by Crippen LogP contribution is 2.29. The predicted octanol–water partition coefficient (Wildman–Crippen LogP) is 5.10. The molecule has 0 fully saturated rings. The summed E-state index contributed by atoms with van der Waals surface area (Å²) in [5.41, 5.74) is 3.43. The Balaban J connectivity index is 2.28. The average Bonchev–Trinajstić information content (AvgIpc) is 2.38. The lowest BCUT2D eigenvalue weighted by Gasteiger charge is -2.14. The second-order valence-corrected chi connectivity index (χ2v) is 5.27. The minimum absolute atomic E-state index is 0.273. The molecule has 0 N–H and O–H groups in total. The molecule has 1 unspecified atom stereocenters. The lowest BCUT2D eigenvalue weighted by atomic mass is 9.98. The first kappa shape index (κ1) is 14.0. The molecule has 0 aliphatic carbocycles. The topological polar surface area (TPSA) is 0 Å². The second kappa shape index (κ2) is 5.70. The van der Waals surface area contributed by atoms with E-state index in [2.05, 4.69) is 0 Å².